The van der Waals surface area contributed by atoms with Crippen molar-refractivity contribution >= 4 is 11.7 Å². The largest absolute Gasteiger partial charge is 0.481 e. The van der Waals surface area contributed by atoms with Gasteiger partial charge in [0, 0.05) is 6.54 Å². The minimum absolute atomic E-state index is 0.0409. The highest BCUT2D eigenvalue weighted by Gasteiger charge is 2.04. The Kier molecular flexibility index (Phi) is 3.69. The number of nitriles is 1. The Bertz CT molecular complexity index is 408. The van der Waals surface area contributed by atoms with E-state index < -0.39 is 5.97 Å². The first kappa shape index (κ1) is 11.1. The third kappa shape index (κ3) is 2.99. The van der Waals surface area contributed by atoms with E-state index in [1.807, 2.05) is 13.0 Å². The summed E-state index contributed by atoms with van der Waals surface area (Å²) in [5.41, 5.74) is 2.21. The number of carbonyl (C=O) groups is 1. The van der Waals surface area contributed by atoms with Crippen LogP contribution in [0.25, 0.3) is 0 Å². The molecule has 0 atom stereocenters. The van der Waals surface area contributed by atoms with Crippen LogP contribution in [0.2, 0.25) is 0 Å². The van der Waals surface area contributed by atoms with Gasteiger partial charge in [-0.1, -0.05) is 12.1 Å². The molecule has 0 saturated heterocycles. The summed E-state index contributed by atoms with van der Waals surface area (Å²) in [6.45, 7) is 2.21. The maximum absolute atomic E-state index is 10.3. The summed E-state index contributed by atoms with van der Waals surface area (Å²) in [6.07, 6.45) is 0.0409. The molecule has 1 rings (SSSR count). The van der Waals surface area contributed by atoms with Gasteiger partial charge in [-0.25, -0.2) is 0 Å². The molecule has 78 valence electrons. The average molecular weight is 204 g/mol. The van der Waals surface area contributed by atoms with E-state index in [2.05, 4.69) is 11.4 Å². The molecule has 0 aliphatic heterocycles. The number of para-hydroxylation sites is 1. The van der Waals surface area contributed by atoms with Crippen LogP contribution < -0.4 is 5.32 Å². The van der Waals surface area contributed by atoms with E-state index in [4.69, 9.17) is 10.4 Å². The monoisotopic (exact) mass is 204 g/mol. The van der Waals surface area contributed by atoms with Crippen LogP contribution in [-0.4, -0.2) is 17.6 Å². The van der Waals surface area contributed by atoms with Crippen molar-refractivity contribution < 1.29 is 9.90 Å². The van der Waals surface area contributed by atoms with Crippen LogP contribution in [0.15, 0.2) is 18.2 Å². The third-order valence-electron chi connectivity index (χ3n) is 2.03. The van der Waals surface area contributed by atoms with Crippen LogP contribution in [0.1, 0.15) is 17.5 Å². The standard InChI is InChI=1S/C11H12N2O2/c1-8-3-2-4-9(7-12)11(8)13-6-5-10(14)15/h2-4,13H,5-6H2,1H3,(H,14,15). The smallest absolute Gasteiger partial charge is 0.305 e. The number of hydrogen-bond donors (Lipinski definition) is 2. The first-order chi connectivity index (χ1) is 7.15. The Morgan fingerprint density at radius 1 is 1.60 bits per heavy atom. The van der Waals surface area contributed by atoms with Gasteiger partial charge in [-0.15, -0.1) is 0 Å². The molecule has 0 aliphatic carbocycles. The molecule has 0 amide bonds. The minimum Gasteiger partial charge on any atom is -0.481 e. The number of aryl methyl sites for hydroxylation is 1. The van der Waals surface area contributed by atoms with Crippen LogP contribution in [0.3, 0.4) is 0 Å². The minimum atomic E-state index is -0.852. The Balaban J connectivity index is 2.76. The lowest BCUT2D eigenvalue weighted by Crippen LogP contribution is -2.09. The van der Waals surface area contributed by atoms with E-state index >= 15 is 0 Å². The topological polar surface area (TPSA) is 73.1 Å². The summed E-state index contributed by atoms with van der Waals surface area (Å²) in [5, 5.41) is 20.3. The number of carboxylic acids is 1. The Labute approximate surface area is 88.2 Å². The molecule has 0 fully saturated rings. The Morgan fingerprint density at radius 2 is 2.33 bits per heavy atom. The van der Waals surface area contributed by atoms with Gasteiger partial charge in [0.25, 0.3) is 0 Å². The zero-order chi connectivity index (χ0) is 11.3. The van der Waals surface area contributed by atoms with Crippen molar-refractivity contribution in [3.8, 4) is 6.07 Å². The molecule has 0 heterocycles. The van der Waals surface area contributed by atoms with Crippen molar-refractivity contribution in [3.63, 3.8) is 0 Å². The van der Waals surface area contributed by atoms with Gasteiger partial charge in [-0.3, -0.25) is 4.79 Å². The molecule has 0 radical (unpaired) electrons. The molecular weight excluding hydrogens is 192 g/mol. The maximum atomic E-state index is 10.3. The summed E-state index contributed by atoms with van der Waals surface area (Å²) in [7, 11) is 0. The summed E-state index contributed by atoms with van der Waals surface area (Å²) in [5.74, 6) is -0.852. The van der Waals surface area contributed by atoms with Gasteiger partial charge in [-0.2, -0.15) is 5.26 Å². The van der Waals surface area contributed by atoms with E-state index in [0.29, 0.717) is 12.1 Å². The van der Waals surface area contributed by atoms with Gasteiger partial charge in [0.05, 0.1) is 17.7 Å². The van der Waals surface area contributed by atoms with Gasteiger partial charge >= 0.3 is 5.97 Å². The molecule has 1 aromatic carbocycles. The fraction of sp³-hybridized carbons (Fsp3) is 0.273. The zero-order valence-corrected chi connectivity index (χ0v) is 8.45. The van der Waals surface area contributed by atoms with E-state index in [-0.39, 0.29) is 6.42 Å². The van der Waals surface area contributed by atoms with E-state index in [1.54, 1.807) is 12.1 Å². The summed E-state index contributed by atoms with van der Waals surface area (Å²) < 4.78 is 0. The SMILES string of the molecule is Cc1cccc(C#N)c1NCCC(=O)O. The van der Waals surface area contributed by atoms with Crippen LogP contribution in [0.5, 0.6) is 0 Å². The lowest BCUT2D eigenvalue weighted by Gasteiger charge is -2.09. The van der Waals surface area contributed by atoms with Crippen LogP contribution in [-0.2, 0) is 4.79 Å². The normalized spacial score (nSPS) is 9.33. The quantitative estimate of drug-likeness (QED) is 0.783. The average Bonchev–Trinajstić information content (AvgIpc) is 2.20. The number of carboxylic acid groups (broad SMARTS) is 1. The molecule has 0 spiro atoms. The number of hydrogen-bond acceptors (Lipinski definition) is 3. The van der Waals surface area contributed by atoms with Gasteiger partial charge in [0.1, 0.15) is 6.07 Å². The highest BCUT2D eigenvalue weighted by atomic mass is 16.4. The number of rotatable bonds is 4. The lowest BCUT2D eigenvalue weighted by molar-refractivity contribution is -0.136. The van der Waals surface area contributed by atoms with Crippen molar-refractivity contribution in [2.45, 2.75) is 13.3 Å². The third-order valence-corrected chi connectivity index (χ3v) is 2.03. The fourth-order valence-corrected chi connectivity index (χ4v) is 1.29. The molecule has 0 saturated carbocycles. The van der Waals surface area contributed by atoms with Gasteiger partial charge < -0.3 is 10.4 Å². The second kappa shape index (κ2) is 5.01. The highest BCUT2D eigenvalue weighted by molar-refractivity contribution is 5.68. The predicted octanol–water partition coefficient (Wildman–Crippen LogP) is 1.75. The molecule has 1 aromatic rings. The molecule has 0 aliphatic rings. The number of aliphatic carboxylic acids is 1. The van der Waals surface area contributed by atoms with Crippen molar-refractivity contribution in [3.05, 3.63) is 29.3 Å². The predicted molar refractivity (Wildman–Crippen MR) is 56.6 cm³/mol. The maximum Gasteiger partial charge on any atom is 0.305 e. The number of anilines is 1. The molecule has 15 heavy (non-hydrogen) atoms. The lowest BCUT2D eigenvalue weighted by atomic mass is 10.1. The van der Waals surface area contributed by atoms with E-state index in [9.17, 15) is 4.79 Å². The van der Waals surface area contributed by atoms with Crippen molar-refractivity contribution in [2.24, 2.45) is 0 Å². The Hall–Kier alpha value is -2.02. The van der Waals surface area contributed by atoms with Crippen molar-refractivity contribution in [2.75, 3.05) is 11.9 Å². The van der Waals surface area contributed by atoms with E-state index in [1.165, 1.54) is 0 Å². The molecule has 0 bridgehead atoms. The number of benzene rings is 1. The second-order valence-electron chi connectivity index (χ2n) is 3.18. The molecular formula is C11H12N2O2. The second-order valence-corrected chi connectivity index (χ2v) is 3.18. The number of nitrogens with zero attached hydrogens (tertiary/aromatic N) is 1. The summed E-state index contributed by atoms with van der Waals surface area (Å²) in [6, 6.07) is 7.45. The van der Waals surface area contributed by atoms with Crippen LogP contribution >= 0.6 is 0 Å². The fourth-order valence-electron chi connectivity index (χ4n) is 1.29. The molecule has 0 aromatic heterocycles. The summed E-state index contributed by atoms with van der Waals surface area (Å²) in [4.78, 5) is 10.3. The van der Waals surface area contributed by atoms with Gasteiger partial charge in [0.15, 0.2) is 0 Å². The first-order valence-electron chi connectivity index (χ1n) is 4.60. The van der Waals surface area contributed by atoms with Crippen molar-refractivity contribution in [1.82, 2.24) is 0 Å². The first-order valence-corrected chi connectivity index (χ1v) is 4.60. The van der Waals surface area contributed by atoms with Crippen LogP contribution in [0.4, 0.5) is 5.69 Å². The number of nitrogens with one attached hydrogen (secondary N) is 1. The zero-order valence-electron chi connectivity index (χ0n) is 8.45. The van der Waals surface area contributed by atoms with Crippen molar-refractivity contribution in [1.29, 1.82) is 5.26 Å². The summed E-state index contributed by atoms with van der Waals surface area (Å²) >= 11 is 0. The molecule has 4 heteroatoms. The van der Waals surface area contributed by atoms with E-state index in [0.717, 1.165) is 11.3 Å². The molecule has 0 unspecified atom stereocenters. The Morgan fingerprint density at radius 3 is 2.93 bits per heavy atom. The van der Waals surface area contributed by atoms with Crippen LogP contribution in [0, 0.1) is 18.3 Å². The van der Waals surface area contributed by atoms with Gasteiger partial charge in [-0.05, 0) is 18.6 Å². The van der Waals surface area contributed by atoms with Gasteiger partial charge in [0.2, 0.25) is 0 Å². The molecule has 2 N–H and O–H groups in total. The highest BCUT2D eigenvalue weighted by Crippen LogP contribution is 2.19. The molecule has 4 nitrogen and oxygen atoms in total.